The number of nitrogens with zero attached hydrogens (tertiary/aromatic N) is 1. The van der Waals surface area contributed by atoms with E-state index in [0.29, 0.717) is 10.0 Å². The van der Waals surface area contributed by atoms with Crippen molar-refractivity contribution in [2.45, 2.75) is 6.10 Å². The van der Waals surface area contributed by atoms with E-state index >= 15 is 0 Å². The molecule has 4 nitrogen and oxygen atoms in total. The largest absolute Gasteiger partial charge is 0.387 e. The van der Waals surface area contributed by atoms with Gasteiger partial charge in [-0.3, -0.25) is 10.1 Å². The lowest BCUT2D eigenvalue weighted by molar-refractivity contribution is -0.385. The fourth-order valence-electron chi connectivity index (χ4n) is 0.966. The van der Waals surface area contributed by atoms with Crippen molar-refractivity contribution >= 4 is 33.2 Å². The molecule has 0 bridgehead atoms. The van der Waals surface area contributed by atoms with Crippen LogP contribution in [-0.4, -0.2) is 15.9 Å². The van der Waals surface area contributed by atoms with Crippen molar-refractivity contribution in [3.8, 4) is 0 Å². The van der Waals surface area contributed by atoms with Crippen LogP contribution in [0.25, 0.3) is 0 Å². The normalized spacial score (nSPS) is 12.5. The van der Waals surface area contributed by atoms with E-state index in [1.807, 2.05) is 0 Å². The zero-order chi connectivity index (χ0) is 10.7. The van der Waals surface area contributed by atoms with Crippen LogP contribution in [-0.2, 0) is 0 Å². The van der Waals surface area contributed by atoms with Crippen LogP contribution in [0.1, 0.15) is 11.7 Å². The number of hydrogen-bond acceptors (Lipinski definition) is 3. The van der Waals surface area contributed by atoms with Gasteiger partial charge in [-0.05, 0) is 27.6 Å². The van der Waals surface area contributed by atoms with Gasteiger partial charge in [0, 0.05) is 6.07 Å². The highest BCUT2D eigenvalue weighted by atomic mass is 79.9. The topological polar surface area (TPSA) is 63.4 Å². The summed E-state index contributed by atoms with van der Waals surface area (Å²) < 4.78 is 0.382. The van der Waals surface area contributed by atoms with Gasteiger partial charge in [-0.1, -0.05) is 6.07 Å². The molecule has 0 aliphatic heterocycles. The standard InChI is InChI=1S/C8H7BrClNO3/c9-6-2-1-5(8(12)4-10)3-7(6)11(13)14/h1-3,8,12H,4H2. The van der Waals surface area contributed by atoms with Crippen LogP contribution in [0.5, 0.6) is 0 Å². The van der Waals surface area contributed by atoms with Crippen LogP contribution in [0.3, 0.4) is 0 Å². The fourth-order valence-corrected chi connectivity index (χ4v) is 1.54. The van der Waals surface area contributed by atoms with E-state index in [0.717, 1.165) is 0 Å². The van der Waals surface area contributed by atoms with Crippen LogP contribution in [0.4, 0.5) is 5.69 Å². The Morgan fingerprint density at radius 3 is 2.79 bits per heavy atom. The summed E-state index contributed by atoms with van der Waals surface area (Å²) in [7, 11) is 0. The van der Waals surface area contributed by atoms with Gasteiger partial charge in [-0.15, -0.1) is 11.6 Å². The average Bonchev–Trinajstić information content (AvgIpc) is 2.17. The van der Waals surface area contributed by atoms with Crippen molar-refractivity contribution in [1.29, 1.82) is 0 Å². The molecule has 0 fully saturated rings. The maximum absolute atomic E-state index is 10.5. The van der Waals surface area contributed by atoms with Crippen LogP contribution in [0.2, 0.25) is 0 Å². The molecule has 0 radical (unpaired) electrons. The van der Waals surface area contributed by atoms with E-state index in [-0.39, 0.29) is 11.6 Å². The van der Waals surface area contributed by atoms with Crippen molar-refractivity contribution in [2.24, 2.45) is 0 Å². The number of halogens is 2. The Morgan fingerprint density at radius 2 is 2.29 bits per heavy atom. The molecule has 1 N–H and O–H groups in total. The van der Waals surface area contributed by atoms with Gasteiger partial charge < -0.3 is 5.11 Å². The van der Waals surface area contributed by atoms with E-state index in [4.69, 9.17) is 11.6 Å². The predicted molar refractivity (Wildman–Crippen MR) is 56.5 cm³/mol. The van der Waals surface area contributed by atoms with Gasteiger partial charge in [0.25, 0.3) is 5.69 Å². The molecule has 76 valence electrons. The smallest absolute Gasteiger partial charge is 0.283 e. The van der Waals surface area contributed by atoms with Gasteiger partial charge in [0.15, 0.2) is 0 Å². The number of nitro groups is 1. The van der Waals surface area contributed by atoms with Crippen molar-refractivity contribution < 1.29 is 10.0 Å². The Bertz CT molecular complexity index is 358. The summed E-state index contributed by atoms with van der Waals surface area (Å²) in [6.07, 6.45) is -0.872. The Labute approximate surface area is 93.8 Å². The second-order valence-corrected chi connectivity index (χ2v) is 3.80. The van der Waals surface area contributed by atoms with E-state index in [9.17, 15) is 15.2 Å². The zero-order valence-corrected chi connectivity index (χ0v) is 9.33. The molecule has 0 aliphatic rings. The van der Waals surface area contributed by atoms with Gasteiger partial charge >= 0.3 is 0 Å². The molecule has 1 rings (SSSR count). The first-order valence-corrected chi connectivity index (χ1v) is 5.07. The molecule has 0 saturated heterocycles. The fraction of sp³-hybridized carbons (Fsp3) is 0.250. The summed E-state index contributed by atoms with van der Waals surface area (Å²) in [4.78, 5) is 10.0. The Morgan fingerprint density at radius 1 is 1.64 bits per heavy atom. The van der Waals surface area contributed by atoms with Crippen molar-refractivity contribution in [3.63, 3.8) is 0 Å². The highest BCUT2D eigenvalue weighted by molar-refractivity contribution is 9.10. The second kappa shape index (κ2) is 4.72. The minimum absolute atomic E-state index is 0.0127. The zero-order valence-electron chi connectivity index (χ0n) is 6.98. The Hall–Kier alpha value is -0.650. The molecule has 0 spiro atoms. The maximum atomic E-state index is 10.5. The molecule has 6 heteroatoms. The number of rotatable bonds is 3. The second-order valence-electron chi connectivity index (χ2n) is 2.64. The summed E-state index contributed by atoms with van der Waals surface area (Å²) in [6.45, 7) is 0. The van der Waals surface area contributed by atoms with Crippen LogP contribution in [0.15, 0.2) is 22.7 Å². The lowest BCUT2D eigenvalue weighted by atomic mass is 10.1. The predicted octanol–water partition coefficient (Wildman–Crippen LogP) is 2.63. The molecule has 1 aromatic rings. The highest BCUT2D eigenvalue weighted by Gasteiger charge is 2.15. The third-order valence-electron chi connectivity index (χ3n) is 1.70. The first kappa shape index (κ1) is 11.4. The highest BCUT2D eigenvalue weighted by Crippen LogP contribution is 2.28. The summed E-state index contributed by atoms with van der Waals surface area (Å²) in [5.74, 6) is 0.0127. The number of aliphatic hydroxyl groups is 1. The molecule has 0 saturated carbocycles. The number of benzene rings is 1. The molecule has 0 aliphatic carbocycles. The number of aliphatic hydroxyl groups excluding tert-OH is 1. The van der Waals surface area contributed by atoms with E-state index in [1.54, 1.807) is 6.07 Å². The first-order valence-electron chi connectivity index (χ1n) is 3.74. The monoisotopic (exact) mass is 279 g/mol. The Balaban J connectivity index is 3.12. The molecule has 14 heavy (non-hydrogen) atoms. The van der Waals surface area contributed by atoms with Crippen molar-refractivity contribution in [1.82, 2.24) is 0 Å². The van der Waals surface area contributed by atoms with Crippen LogP contribution < -0.4 is 0 Å². The first-order chi connectivity index (χ1) is 6.56. The SMILES string of the molecule is O=[N+]([O-])c1cc(C(O)CCl)ccc1Br. The van der Waals surface area contributed by atoms with E-state index in [2.05, 4.69) is 15.9 Å². The molecular weight excluding hydrogens is 273 g/mol. The Kier molecular flexibility index (Phi) is 3.86. The average molecular weight is 281 g/mol. The van der Waals surface area contributed by atoms with Gasteiger partial charge in [-0.25, -0.2) is 0 Å². The number of hydrogen-bond donors (Lipinski definition) is 1. The van der Waals surface area contributed by atoms with E-state index in [1.165, 1.54) is 12.1 Å². The lowest BCUT2D eigenvalue weighted by Crippen LogP contribution is -2.00. The molecular formula is C8H7BrClNO3. The van der Waals surface area contributed by atoms with E-state index < -0.39 is 11.0 Å². The summed E-state index contributed by atoms with van der Waals surface area (Å²) in [6, 6.07) is 4.41. The third-order valence-corrected chi connectivity index (χ3v) is 2.66. The molecule has 0 heterocycles. The summed E-state index contributed by atoms with van der Waals surface area (Å²) >= 11 is 8.47. The molecule has 1 atom stereocenters. The third kappa shape index (κ3) is 2.43. The summed E-state index contributed by atoms with van der Waals surface area (Å²) in [5.41, 5.74) is 0.363. The molecule has 1 unspecified atom stereocenters. The molecule has 1 aromatic carbocycles. The molecule has 0 amide bonds. The summed E-state index contributed by atoms with van der Waals surface area (Å²) in [5, 5.41) is 19.9. The van der Waals surface area contributed by atoms with Gasteiger partial charge in [-0.2, -0.15) is 0 Å². The van der Waals surface area contributed by atoms with Gasteiger partial charge in [0.1, 0.15) is 0 Å². The van der Waals surface area contributed by atoms with Crippen molar-refractivity contribution in [2.75, 3.05) is 5.88 Å². The van der Waals surface area contributed by atoms with Gasteiger partial charge in [0.05, 0.1) is 21.4 Å². The maximum Gasteiger partial charge on any atom is 0.283 e. The quantitative estimate of drug-likeness (QED) is 0.526. The molecule has 0 aromatic heterocycles. The number of alkyl halides is 1. The number of nitro benzene ring substituents is 1. The minimum Gasteiger partial charge on any atom is -0.387 e. The minimum atomic E-state index is -0.872. The van der Waals surface area contributed by atoms with Gasteiger partial charge in [0.2, 0.25) is 0 Å². The lowest BCUT2D eigenvalue weighted by Gasteiger charge is -2.06. The van der Waals surface area contributed by atoms with Crippen LogP contribution >= 0.6 is 27.5 Å². The van der Waals surface area contributed by atoms with Crippen molar-refractivity contribution in [3.05, 3.63) is 38.3 Å². The van der Waals surface area contributed by atoms with Crippen LogP contribution in [0, 0.1) is 10.1 Å².